The summed E-state index contributed by atoms with van der Waals surface area (Å²) in [4.78, 5) is 64.6. The molecule has 1 aliphatic heterocycles. The highest BCUT2D eigenvalue weighted by Crippen LogP contribution is 2.39. The summed E-state index contributed by atoms with van der Waals surface area (Å²) in [6.45, 7) is 29.3. The SMILES string of the molecule is CC(C)(C)OC(=O)NCC(Cn1cc(-c2ccc3c(c2)CC[C@H](C(C)(O/N=C(\C(=O)O)c2csc(NC(=O)OC(C)(C)C)n2)C(=O)OC(C)(C)C)O3)c[n+]1CCCN=[N+]=[N-])O[Si](C)(C)C(C)(C)C. The fraction of sp³-hybridized carbons (Fsp3) is 0.630. The lowest BCUT2D eigenvalue weighted by molar-refractivity contribution is -0.775. The maximum Gasteiger partial charge on any atom is 0.413 e. The molecule has 0 aliphatic carbocycles. The van der Waals surface area contributed by atoms with Gasteiger partial charge in [0.15, 0.2) is 26.1 Å². The lowest BCUT2D eigenvalue weighted by atomic mass is 9.89. The zero-order valence-corrected chi connectivity index (χ0v) is 44.0. The van der Waals surface area contributed by atoms with Crippen molar-refractivity contribution in [2.24, 2.45) is 10.3 Å². The van der Waals surface area contributed by atoms with Crippen molar-refractivity contribution in [1.29, 1.82) is 0 Å². The number of oxime groups is 1. The monoisotopic (exact) mass is 984 g/mol. The minimum atomic E-state index is -2.32. The van der Waals surface area contributed by atoms with E-state index in [1.165, 1.54) is 12.3 Å². The number of alkyl carbamates (subject to hydrolysis) is 1. The molecule has 2 aromatic heterocycles. The van der Waals surface area contributed by atoms with Gasteiger partial charge >= 0.3 is 24.1 Å². The van der Waals surface area contributed by atoms with Gasteiger partial charge in [0.1, 0.15) is 34.8 Å². The fourth-order valence-electron chi connectivity index (χ4n) is 6.54. The number of nitrogens with zero attached hydrogens (tertiary/aromatic N) is 7. The molecule has 0 bridgehead atoms. The van der Waals surface area contributed by atoms with Gasteiger partial charge in [0, 0.05) is 29.8 Å². The molecular weight excluding hydrogens is 915 g/mol. The van der Waals surface area contributed by atoms with E-state index in [2.05, 4.69) is 64.7 Å². The van der Waals surface area contributed by atoms with Crippen LogP contribution in [0.25, 0.3) is 21.6 Å². The lowest BCUT2D eigenvalue weighted by Gasteiger charge is -2.39. The number of carboxylic acids is 1. The Morgan fingerprint density at radius 3 is 2.24 bits per heavy atom. The molecule has 1 aromatic carbocycles. The standard InChI is InChI=1S/C46H69N9O11SSi/c1-42(2,3)62-38(58)46(13,66-52-36(37(56)57)33-28-67-39(50-33)51-41(60)64-44(7,8)9)35-20-18-30-23-29(17-19-34(30)61-35)31-25-54(22-16-21-49-53-47)55(26-31)27-32(65-68(14,15)45(10,11)12)24-48-40(59)63-43(4,5)6/h17,19,23,25-26,28,32,35H,16,18,20-22,24,27H2,1-15H3,(H2-,48,50,51,56,57,59,60)/p+1/b52-36-/t32?,35-,46?/m1/s1. The molecule has 0 saturated carbocycles. The van der Waals surface area contributed by atoms with Crippen LogP contribution in [0, 0.1) is 0 Å². The number of aromatic nitrogens is 3. The van der Waals surface area contributed by atoms with E-state index in [1.54, 1.807) is 41.5 Å². The maximum absolute atomic E-state index is 14.0. The van der Waals surface area contributed by atoms with Crippen molar-refractivity contribution in [3.05, 3.63) is 57.7 Å². The fourth-order valence-corrected chi connectivity index (χ4v) is 8.56. The Morgan fingerprint density at radius 2 is 1.63 bits per heavy atom. The van der Waals surface area contributed by atoms with Crippen LogP contribution in [-0.2, 0) is 52.6 Å². The van der Waals surface area contributed by atoms with Crippen LogP contribution in [0.1, 0.15) is 114 Å². The summed E-state index contributed by atoms with van der Waals surface area (Å²) in [5, 5.41) is 24.6. The minimum Gasteiger partial charge on any atom is -0.485 e. The number of hydrogen-bond acceptors (Lipinski definition) is 14. The van der Waals surface area contributed by atoms with Gasteiger partial charge in [-0.25, -0.2) is 24.2 Å². The van der Waals surface area contributed by atoms with E-state index in [-0.39, 0.29) is 28.8 Å². The molecule has 2 unspecified atom stereocenters. The number of azide groups is 1. The van der Waals surface area contributed by atoms with Crippen LogP contribution in [0.2, 0.25) is 18.1 Å². The van der Waals surface area contributed by atoms with Crippen LogP contribution >= 0.6 is 11.3 Å². The number of carbonyl (C=O) groups is 4. The van der Waals surface area contributed by atoms with E-state index in [0.717, 1.165) is 28.0 Å². The van der Waals surface area contributed by atoms with Gasteiger partial charge in [-0.1, -0.05) is 37.1 Å². The van der Waals surface area contributed by atoms with Gasteiger partial charge in [0.05, 0.1) is 17.9 Å². The van der Waals surface area contributed by atoms with Crippen LogP contribution in [0.3, 0.4) is 0 Å². The smallest absolute Gasteiger partial charge is 0.413 e. The minimum absolute atomic E-state index is 0.0637. The normalized spacial score (nSPS) is 15.9. The van der Waals surface area contributed by atoms with Gasteiger partial charge in [-0.15, -0.1) is 16.0 Å². The zero-order chi connectivity index (χ0) is 51.0. The number of aryl methyl sites for hydroxylation is 2. The molecule has 0 saturated heterocycles. The van der Waals surface area contributed by atoms with Crippen molar-refractivity contribution in [2.45, 2.75) is 175 Å². The number of anilines is 1. The number of ether oxygens (including phenoxy) is 4. The van der Waals surface area contributed by atoms with Crippen molar-refractivity contribution in [3.8, 4) is 16.9 Å². The average molecular weight is 985 g/mol. The van der Waals surface area contributed by atoms with Crippen molar-refractivity contribution in [1.82, 2.24) is 15.0 Å². The number of benzene rings is 1. The predicted octanol–water partition coefficient (Wildman–Crippen LogP) is 9.16. The Morgan fingerprint density at radius 1 is 0.985 bits per heavy atom. The van der Waals surface area contributed by atoms with Crippen molar-refractivity contribution >= 4 is 54.6 Å². The van der Waals surface area contributed by atoms with Gasteiger partial charge in [-0.05, 0) is 129 Å². The Hall–Kier alpha value is -5.70. The van der Waals surface area contributed by atoms with Gasteiger partial charge in [0.2, 0.25) is 11.9 Å². The second kappa shape index (κ2) is 21.7. The molecule has 3 aromatic rings. The highest BCUT2D eigenvalue weighted by molar-refractivity contribution is 7.14. The van der Waals surface area contributed by atoms with E-state index in [0.29, 0.717) is 38.2 Å². The Bertz CT molecular complexity index is 2370. The largest absolute Gasteiger partial charge is 0.485 e. The van der Waals surface area contributed by atoms with Crippen LogP contribution in [0.5, 0.6) is 5.75 Å². The summed E-state index contributed by atoms with van der Waals surface area (Å²) < 4.78 is 34.1. The highest BCUT2D eigenvalue weighted by Gasteiger charge is 2.51. The molecule has 3 heterocycles. The van der Waals surface area contributed by atoms with Crippen molar-refractivity contribution < 1.29 is 57.2 Å². The van der Waals surface area contributed by atoms with Gasteiger partial charge in [-0.3, -0.25) is 5.32 Å². The first-order valence-corrected chi connectivity index (χ1v) is 26.3. The third-order valence-corrected chi connectivity index (χ3v) is 16.1. The predicted molar refractivity (Wildman–Crippen MR) is 259 cm³/mol. The quantitative estimate of drug-likeness (QED) is 0.0103. The van der Waals surface area contributed by atoms with Crippen molar-refractivity contribution in [3.63, 3.8) is 0 Å². The summed E-state index contributed by atoms with van der Waals surface area (Å²) in [5.74, 6) is -1.83. The van der Waals surface area contributed by atoms with E-state index in [9.17, 15) is 24.3 Å². The average Bonchev–Trinajstić information content (AvgIpc) is 3.82. The van der Waals surface area contributed by atoms with Crippen LogP contribution in [0.4, 0.5) is 14.7 Å². The van der Waals surface area contributed by atoms with Crippen LogP contribution in [-0.4, -0.2) is 101 Å². The number of esters is 1. The molecule has 0 radical (unpaired) electrons. The number of rotatable bonds is 18. The molecule has 3 atom stereocenters. The molecule has 20 nitrogen and oxygen atoms in total. The number of carboxylic acid groups (broad SMARTS) is 1. The summed E-state index contributed by atoms with van der Waals surface area (Å²) >= 11 is 0.954. The molecular formula is C46H70N9O11SSi+. The van der Waals surface area contributed by atoms with Gasteiger partial charge in [-0.2, -0.15) is 4.68 Å². The molecule has 0 spiro atoms. The van der Waals surface area contributed by atoms with Crippen LogP contribution < -0.4 is 20.1 Å². The van der Waals surface area contributed by atoms with Gasteiger partial charge in [0.25, 0.3) is 5.60 Å². The molecule has 68 heavy (non-hydrogen) atoms. The third-order valence-electron chi connectivity index (χ3n) is 10.8. The van der Waals surface area contributed by atoms with Crippen molar-refractivity contribution in [2.75, 3.05) is 18.4 Å². The first-order valence-electron chi connectivity index (χ1n) is 22.5. The summed E-state index contributed by atoms with van der Waals surface area (Å²) in [5.41, 5.74) is 6.50. The number of aliphatic carboxylic acids is 1. The Balaban J connectivity index is 1.66. The summed E-state index contributed by atoms with van der Waals surface area (Å²) in [6.07, 6.45) is 2.62. The number of carbonyl (C=O) groups excluding carboxylic acids is 3. The molecule has 4 rings (SSSR count). The second-order valence-electron chi connectivity index (χ2n) is 21.3. The van der Waals surface area contributed by atoms with E-state index in [1.807, 2.05) is 60.7 Å². The molecule has 1 aliphatic rings. The second-order valence-corrected chi connectivity index (χ2v) is 26.9. The van der Waals surface area contributed by atoms with Crippen LogP contribution in [0.15, 0.2) is 46.2 Å². The Labute approximate surface area is 403 Å². The third kappa shape index (κ3) is 15.9. The maximum atomic E-state index is 14.0. The molecule has 2 amide bonds. The van der Waals surface area contributed by atoms with E-state index in [4.69, 9.17) is 33.7 Å². The molecule has 22 heteroatoms. The molecule has 0 fully saturated rings. The molecule has 374 valence electrons. The van der Waals surface area contributed by atoms with E-state index >= 15 is 0 Å². The number of hydrogen-bond donors (Lipinski definition) is 3. The Kier molecular flexibility index (Phi) is 17.5. The number of thiazole rings is 1. The molecule has 3 N–H and O–H groups in total. The lowest BCUT2D eigenvalue weighted by Crippen LogP contribution is -2.54. The number of amides is 2. The topological polar surface area (TPSA) is 251 Å². The van der Waals surface area contributed by atoms with E-state index < -0.39 is 72.8 Å². The number of nitrogens with one attached hydrogen (secondary N) is 2. The first kappa shape index (κ1) is 54.9. The summed E-state index contributed by atoms with van der Waals surface area (Å²) in [7, 11) is -2.32. The summed E-state index contributed by atoms with van der Waals surface area (Å²) in [6, 6.07) is 5.72. The number of fused-ring (bicyclic) bond motifs is 1. The van der Waals surface area contributed by atoms with Gasteiger partial charge < -0.3 is 38.6 Å². The highest BCUT2D eigenvalue weighted by atomic mass is 32.1. The first-order chi connectivity index (χ1) is 31.3. The zero-order valence-electron chi connectivity index (χ0n) is 42.1.